The fraction of sp³-hybridized carbons (Fsp3) is 0.263. The Labute approximate surface area is 161 Å². The molecule has 0 bridgehead atoms. The van der Waals surface area contributed by atoms with Crippen molar-refractivity contribution >= 4 is 24.5 Å². The third-order valence-corrected chi connectivity index (χ3v) is 4.17. The summed E-state index contributed by atoms with van der Waals surface area (Å²) in [6.07, 6.45) is 0. The van der Waals surface area contributed by atoms with Crippen molar-refractivity contribution in [3.8, 4) is 5.75 Å². The lowest BCUT2D eigenvalue weighted by Gasteiger charge is -2.14. The van der Waals surface area contributed by atoms with Crippen LogP contribution in [0.5, 0.6) is 5.75 Å². The maximum absolute atomic E-state index is 12.9. The van der Waals surface area contributed by atoms with Crippen molar-refractivity contribution in [1.29, 1.82) is 0 Å². The molecule has 0 fully saturated rings. The van der Waals surface area contributed by atoms with E-state index >= 15 is 0 Å². The van der Waals surface area contributed by atoms with E-state index in [9.17, 15) is 19.0 Å². The zero-order valence-electron chi connectivity index (χ0n) is 15.2. The summed E-state index contributed by atoms with van der Waals surface area (Å²) in [6.45, 7) is 1.91. The number of carbonyl (C=O) groups is 2. The lowest BCUT2D eigenvalue weighted by molar-refractivity contribution is -0.143. The molecule has 0 spiro atoms. The number of carbonyl (C=O) groups excluding carboxylic acids is 2. The van der Waals surface area contributed by atoms with Crippen LogP contribution >= 0.6 is 0 Å². The van der Waals surface area contributed by atoms with Gasteiger partial charge in [0.05, 0.1) is 18.8 Å². The highest BCUT2D eigenvalue weighted by Gasteiger charge is 2.34. The number of hydrogen-bond acceptors (Lipinski definition) is 6. The smallest absolute Gasteiger partial charge is 0.493 e. The number of rotatable bonds is 7. The number of amides is 1. The number of esters is 1. The maximum atomic E-state index is 12.9. The lowest BCUT2D eigenvalue weighted by atomic mass is 9.77. The van der Waals surface area contributed by atoms with Gasteiger partial charge in [0, 0.05) is 5.46 Å². The molecule has 1 aliphatic rings. The number of ether oxygens (including phenoxy) is 2. The standard InChI is InChI=1S/C19H19BFNO6/c1-2-26-18-15(8-5-13-11-28-20(25)17(13)18)19(24)22-9-16(23)27-10-12-3-6-14(21)7-4-12/h3-8,25H,2,9-11H2,1H3,(H,22,24). The van der Waals surface area contributed by atoms with E-state index in [2.05, 4.69) is 5.32 Å². The Morgan fingerprint density at radius 3 is 2.71 bits per heavy atom. The van der Waals surface area contributed by atoms with Crippen molar-refractivity contribution in [2.24, 2.45) is 0 Å². The Morgan fingerprint density at radius 1 is 1.25 bits per heavy atom. The number of nitrogens with one attached hydrogen (secondary N) is 1. The minimum Gasteiger partial charge on any atom is -0.493 e. The average molecular weight is 387 g/mol. The molecule has 146 valence electrons. The van der Waals surface area contributed by atoms with Gasteiger partial charge in [0.25, 0.3) is 5.91 Å². The Balaban J connectivity index is 1.61. The SMILES string of the molecule is CCOc1c(C(=O)NCC(=O)OCc2ccc(F)cc2)ccc2c1B(O)OC2. The van der Waals surface area contributed by atoms with E-state index in [4.69, 9.17) is 14.1 Å². The molecule has 0 saturated carbocycles. The van der Waals surface area contributed by atoms with Crippen molar-refractivity contribution < 1.29 is 33.1 Å². The van der Waals surface area contributed by atoms with Crippen molar-refractivity contribution in [3.63, 3.8) is 0 Å². The normalized spacial score (nSPS) is 12.5. The van der Waals surface area contributed by atoms with Crippen LogP contribution in [0.1, 0.15) is 28.4 Å². The van der Waals surface area contributed by atoms with Gasteiger partial charge < -0.3 is 24.5 Å². The highest BCUT2D eigenvalue weighted by Crippen LogP contribution is 2.23. The summed E-state index contributed by atoms with van der Waals surface area (Å²) in [5, 5.41) is 12.5. The second kappa shape index (κ2) is 8.86. The molecule has 0 aliphatic carbocycles. The summed E-state index contributed by atoms with van der Waals surface area (Å²) >= 11 is 0. The van der Waals surface area contributed by atoms with Gasteiger partial charge in [-0.15, -0.1) is 0 Å². The van der Waals surface area contributed by atoms with Gasteiger partial charge in [0.1, 0.15) is 24.7 Å². The van der Waals surface area contributed by atoms with Gasteiger partial charge in [0.2, 0.25) is 0 Å². The van der Waals surface area contributed by atoms with Gasteiger partial charge in [-0.1, -0.05) is 18.2 Å². The van der Waals surface area contributed by atoms with Crippen LogP contribution in [0.2, 0.25) is 0 Å². The van der Waals surface area contributed by atoms with Crippen LogP contribution in [0, 0.1) is 5.82 Å². The highest BCUT2D eigenvalue weighted by atomic mass is 19.1. The number of hydrogen-bond donors (Lipinski definition) is 2. The molecule has 0 aromatic heterocycles. The molecule has 0 atom stereocenters. The van der Waals surface area contributed by atoms with E-state index < -0.39 is 19.0 Å². The average Bonchev–Trinajstić information content (AvgIpc) is 3.07. The topological polar surface area (TPSA) is 94.1 Å². The zero-order chi connectivity index (χ0) is 20.1. The van der Waals surface area contributed by atoms with Crippen molar-refractivity contribution in [1.82, 2.24) is 5.32 Å². The fourth-order valence-corrected chi connectivity index (χ4v) is 2.81. The van der Waals surface area contributed by atoms with Crippen molar-refractivity contribution in [2.75, 3.05) is 13.2 Å². The third kappa shape index (κ3) is 4.49. The third-order valence-electron chi connectivity index (χ3n) is 4.17. The van der Waals surface area contributed by atoms with Crippen LogP contribution in [0.25, 0.3) is 0 Å². The van der Waals surface area contributed by atoms with Crippen LogP contribution in [-0.4, -0.2) is 37.2 Å². The van der Waals surface area contributed by atoms with Crippen LogP contribution in [0.4, 0.5) is 4.39 Å². The number of benzene rings is 2. The molecule has 1 aliphatic heterocycles. The second-order valence-electron chi connectivity index (χ2n) is 6.08. The molecule has 0 saturated heterocycles. The van der Waals surface area contributed by atoms with E-state index in [0.717, 1.165) is 5.56 Å². The Hall–Kier alpha value is -2.91. The number of fused-ring (bicyclic) bond motifs is 1. The monoisotopic (exact) mass is 387 g/mol. The summed E-state index contributed by atoms with van der Waals surface area (Å²) in [6, 6.07) is 8.79. The van der Waals surface area contributed by atoms with E-state index in [1.807, 2.05) is 0 Å². The van der Waals surface area contributed by atoms with Crippen molar-refractivity contribution in [2.45, 2.75) is 20.1 Å². The first-order valence-corrected chi connectivity index (χ1v) is 8.76. The van der Waals surface area contributed by atoms with Gasteiger partial charge in [-0.05, 0) is 36.2 Å². The highest BCUT2D eigenvalue weighted by molar-refractivity contribution is 6.63. The van der Waals surface area contributed by atoms with Crippen LogP contribution in [0.3, 0.4) is 0 Å². The predicted octanol–water partition coefficient (Wildman–Crippen LogP) is 0.915. The summed E-state index contributed by atoms with van der Waals surface area (Å²) < 4.78 is 28.6. The van der Waals surface area contributed by atoms with Crippen LogP contribution in [0.15, 0.2) is 36.4 Å². The first-order chi connectivity index (χ1) is 13.5. The minimum atomic E-state index is -1.16. The van der Waals surface area contributed by atoms with E-state index in [-0.39, 0.29) is 36.9 Å². The molecule has 3 rings (SSSR count). The predicted molar refractivity (Wildman–Crippen MR) is 98.5 cm³/mol. The van der Waals surface area contributed by atoms with Gasteiger partial charge in [-0.25, -0.2) is 4.39 Å². The molecule has 2 aromatic carbocycles. The van der Waals surface area contributed by atoms with Crippen LogP contribution in [-0.2, 0) is 27.4 Å². The molecule has 2 N–H and O–H groups in total. The Kier molecular flexibility index (Phi) is 6.28. The van der Waals surface area contributed by atoms with Gasteiger partial charge >= 0.3 is 13.1 Å². The van der Waals surface area contributed by atoms with E-state index in [1.54, 1.807) is 19.1 Å². The van der Waals surface area contributed by atoms with E-state index in [0.29, 0.717) is 17.6 Å². The molecular formula is C19H19BFNO6. The molecule has 0 radical (unpaired) electrons. The molecule has 1 amide bonds. The minimum absolute atomic E-state index is 0.0262. The molecular weight excluding hydrogens is 368 g/mol. The molecule has 2 aromatic rings. The molecule has 1 heterocycles. The maximum Gasteiger partial charge on any atom is 0.495 e. The largest absolute Gasteiger partial charge is 0.495 e. The van der Waals surface area contributed by atoms with Gasteiger partial charge in [0.15, 0.2) is 0 Å². The van der Waals surface area contributed by atoms with Crippen LogP contribution < -0.4 is 15.5 Å². The quantitative estimate of drug-likeness (QED) is 0.542. The fourth-order valence-electron chi connectivity index (χ4n) is 2.81. The number of halogens is 1. The summed E-state index contributed by atoms with van der Waals surface area (Å²) in [4.78, 5) is 24.4. The summed E-state index contributed by atoms with van der Waals surface area (Å²) in [7, 11) is -1.16. The van der Waals surface area contributed by atoms with E-state index in [1.165, 1.54) is 24.3 Å². The van der Waals surface area contributed by atoms with Crippen molar-refractivity contribution in [3.05, 3.63) is 58.9 Å². The summed E-state index contributed by atoms with van der Waals surface area (Å²) in [5.41, 5.74) is 1.99. The molecule has 9 heteroatoms. The molecule has 0 unspecified atom stereocenters. The van der Waals surface area contributed by atoms with Gasteiger partial charge in [-0.3, -0.25) is 9.59 Å². The Morgan fingerprint density at radius 2 is 2.00 bits per heavy atom. The first kappa shape index (κ1) is 19.8. The molecule has 7 nitrogen and oxygen atoms in total. The Bertz CT molecular complexity index is 873. The first-order valence-electron chi connectivity index (χ1n) is 8.76. The zero-order valence-corrected chi connectivity index (χ0v) is 15.2. The lowest BCUT2D eigenvalue weighted by Crippen LogP contribution is -2.35. The summed E-state index contributed by atoms with van der Waals surface area (Å²) in [5.74, 6) is -1.32. The molecule has 28 heavy (non-hydrogen) atoms. The second-order valence-corrected chi connectivity index (χ2v) is 6.08. The van der Waals surface area contributed by atoms with Gasteiger partial charge in [-0.2, -0.15) is 0 Å².